The molecule has 13 heavy (non-hydrogen) atoms. The summed E-state index contributed by atoms with van der Waals surface area (Å²) in [5.74, 6) is 1.09. The Labute approximate surface area is 109 Å². The number of thioether (sulfide) groups is 1. The van der Waals surface area contributed by atoms with Crippen LogP contribution in [0.3, 0.4) is 0 Å². The minimum atomic E-state index is 0. The first-order chi connectivity index (χ1) is 5.72. The normalized spacial score (nSPS) is 9.46. The molecule has 0 N–H and O–H groups in total. The van der Waals surface area contributed by atoms with Crippen molar-refractivity contribution in [3.63, 3.8) is 0 Å². The molecule has 1 radical (unpaired) electrons. The average Bonchev–Trinajstić information content (AvgIpc) is 1.99. The van der Waals surface area contributed by atoms with Gasteiger partial charge in [0.25, 0.3) is 0 Å². The minimum Gasteiger partial charge on any atom is -0.427 e. The summed E-state index contributed by atoms with van der Waals surface area (Å²) < 4.78 is 0. The zero-order chi connectivity index (χ0) is 8.97. The number of hydrogen-bond acceptors (Lipinski definition) is 3. The van der Waals surface area contributed by atoms with Crippen molar-refractivity contribution in [2.75, 3.05) is 5.75 Å². The molecule has 0 saturated carbocycles. The van der Waals surface area contributed by atoms with Gasteiger partial charge in [-0.2, -0.15) is 0 Å². The van der Waals surface area contributed by atoms with Crippen LogP contribution in [0.2, 0.25) is 0 Å². The van der Waals surface area contributed by atoms with Crippen molar-refractivity contribution < 1.29 is 32.7 Å². The smallest absolute Gasteiger partial charge is 0.182 e. The van der Waals surface area contributed by atoms with Crippen LogP contribution in [0.4, 0.5) is 0 Å². The van der Waals surface area contributed by atoms with Crippen molar-refractivity contribution in [2.45, 2.75) is 32.3 Å². The van der Waals surface area contributed by atoms with Crippen molar-refractivity contribution in [1.82, 2.24) is 9.97 Å². The molecule has 1 rings (SSSR count). The monoisotopic (exact) mass is 270 g/mol. The first-order valence-electron chi connectivity index (χ1n) is 4.09. The molecule has 2 nitrogen and oxygen atoms in total. The van der Waals surface area contributed by atoms with E-state index in [9.17, 15) is 0 Å². The molecule has 0 aliphatic heterocycles. The maximum absolute atomic E-state index is 4.27. The number of aryl methyl sites for hydroxylation is 2. The van der Waals surface area contributed by atoms with Gasteiger partial charge in [0.1, 0.15) is 0 Å². The summed E-state index contributed by atoms with van der Waals surface area (Å²) in [5.41, 5.74) is 1.86. The van der Waals surface area contributed by atoms with Crippen LogP contribution < -0.4 is 0 Å². The van der Waals surface area contributed by atoms with Crippen LogP contribution >= 0.6 is 11.8 Å². The second kappa shape index (κ2) is 6.91. The molecule has 0 atom stereocenters. The zero-order valence-electron chi connectivity index (χ0n) is 8.29. The summed E-state index contributed by atoms with van der Waals surface area (Å²) >= 11 is 1.71. The summed E-state index contributed by atoms with van der Waals surface area (Å²) in [7, 11) is 0. The van der Waals surface area contributed by atoms with E-state index in [1.54, 1.807) is 11.8 Å². The molecule has 0 aliphatic carbocycles. The number of aromatic nitrogens is 2. The Hall–Kier alpha value is 0.534. The van der Waals surface area contributed by atoms with Gasteiger partial charge >= 0.3 is 0 Å². The molecule has 1 heterocycles. The predicted octanol–water partition coefficient (Wildman–Crippen LogP) is 2.39. The molecule has 4 heteroatoms. The van der Waals surface area contributed by atoms with E-state index in [2.05, 4.69) is 23.0 Å². The van der Waals surface area contributed by atoms with Crippen LogP contribution in [0.25, 0.3) is 0 Å². The third-order valence-corrected chi connectivity index (χ3v) is 2.38. The molecule has 1 aromatic heterocycles. The van der Waals surface area contributed by atoms with Gasteiger partial charge in [-0.15, -0.1) is 11.4 Å². The maximum Gasteiger partial charge on any atom is 0.182 e. The third-order valence-electron chi connectivity index (χ3n) is 1.32. The maximum atomic E-state index is 4.27. The Bertz CT molecular complexity index is 246. The largest absolute Gasteiger partial charge is 0.427 e. The first kappa shape index (κ1) is 13.5. The summed E-state index contributed by atoms with van der Waals surface area (Å²) in [6.45, 7) is 6.05. The SMILES string of the molecule is CCCSc1nc(C)[c-]c(C)n1.[Y]. The summed E-state index contributed by atoms with van der Waals surface area (Å²) in [6.07, 6.45) is 1.16. The molecule has 0 bridgehead atoms. The van der Waals surface area contributed by atoms with Crippen molar-refractivity contribution >= 4 is 11.8 Å². The van der Waals surface area contributed by atoms with Gasteiger partial charge in [0.15, 0.2) is 5.16 Å². The average molecular weight is 270 g/mol. The van der Waals surface area contributed by atoms with E-state index in [1.165, 1.54) is 0 Å². The van der Waals surface area contributed by atoms with Crippen LogP contribution in [0.5, 0.6) is 0 Å². The van der Waals surface area contributed by atoms with Gasteiger partial charge in [-0.3, -0.25) is 9.97 Å². The molecule has 0 aliphatic rings. The Kier molecular flexibility index (Phi) is 7.19. The van der Waals surface area contributed by atoms with Gasteiger partial charge < -0.3 is 6.07 Å². The zero-order valence-corrected chi connectivity index (χ0v) is 11.9. The molecule has 0 saturated heterocycles. The van der Waals surface area contributed by atoms with Crippen LogP contribution in [0, 0.1) is 19.9 Å². The van der Waals surface area contributed by atoms with Crippen LogP contribution in [0.15, 0.2) is 5.16 Å². The number of rotatable bonds is 3. The van der Waals surface area contributed by atoms with Gasteiger partial charge in [0.05, 0.1) is 0 Å². The molecule has 1 aromatic rings. The molecular formula is C9H13N2SY-. The fraction of sp³-hybridized carbons (Fsp3) is 0.556. The number of hydrogen-bond donors (Lipinski definition) is 0. The van der Waals surface area contributed by atoms with Crippen molar-refractivity contribution in [3.05, 3.63) is 17.5 Å². The van der Waals surface area contributed by atoms with Crippen molar-refractivity contribution in [1.29, 1.82) is 0 Å². The Balaban J connectivity index is 0.00000144. The van der Waals surface area contributed by atoms with Crippen LogP contribution in [-0.4, -0.2) is 15.7 Å². The Morgan fingerprint density at radius 3 is 2.23 bits per heavy atom. The quantitative estimate of drug-likeness (QED) is 0.479. The fourth-order valence-electron chi connectivity index (χ4n) is 0.888. The van der Waals surface area contributed by atoms with Gasteiger partial charge in [-0.1, -0.05) is 32.5 Å². The molecule has 0 unspecified atom stereocenters. The van der Waals surface area contributed by atoms with E-state index in [-0.39, 0.29) is 32.7 Å². The van der Waals surface area contributed by atoms with Gasteiger partial charge in [-0.25, -0.2) is 0 Å². The molecule has 0 aromatic carbocycles. The van der Waals surface area contributed by atoms with E-state index in [1.807, 2.05) is 13.8 Å². The van der Waals surface area contributed by atoms with Crippen LogP contribution in [0.1, 0.15) is 24.7 Å². The summed E-state index contributed by atoms with van der Waals surface area (Å²) in [4.78, 5) is 8.54. The molecule has 69 valence electrons. The summed E-state index contributed by atoms with van der Waals surface area (Å²) in [5, 5.41) is 0.880. The Morgan fingerprint density at radius 1 is 1.23 bits per heavy atom. The van der Waals surface area contributed by atoms with Gasteiger partial charge in [0.2, 0.25) is 0 Å². The number of nitrogens with zero attached hydrogens (tertiary/aromatic N) is 2. The molecule has 0 amide bonds. The van der Waals surface area contributed by atoms with E-state index in [4.69, 9.17) is 0 Å². The fourth-order valence-corrected chi connectivity index (χ4v) is 1.68. The first-order valence-corrected chi connectivity index (χ1v) is 5.08. The second-order valence-corrected chi connectivity index (χ2v) is 3.71. The molecule has 0 fully saturated rings. The molecular weight excluding hydrogens is 257 g/mol. The van der Waals surface area contributed by atoms with Crippen molar-refractivity contribution in [3.8, 4) is 0 Å². The third kappa shape index (κ3) is 5.09. The second-order valence-electron chi connectivity index (χ2n) is 2.65. The van der Waals surface area contributed by atoms with E-state index in [0.29, 0.717) is 0 Å². The van der Waals surface area contributed by atoms with Gasteiger partial charge in [-0.05, 0) is 6.42 Å². The van der Waals surface area contributed by atoms with Gasteiger partial charge in [0, 0.05) is 38.5 Å². The predicted molar refractivity (Wildman–Crippen MR) is 51.4 cm³/mol. The van der Waals surface area contributed by atoms with Crippen molar-refractivity contribution in [2.24, 2.45) is 0 Å². The summed E-state index contributed by atoms with van der Waals surface area (Å²) in [6, 6.07) is 3.05. The topological polar surface area (TPSA) is 25.8 Å². The Morgan fingerprint density at radius 2 is 1.77 bits per heavy atom. The standard InChI is InChI=1S/C9H13N2S.Y/c1-4-5-12-9-10-7(2)6-8(3)11-9;/h4-5H2,1-3H3;/q-1;. The van der Waals surface area contributed by atoms with E-state index >= 15 is 0 Å². The minimum absolute atomic E-state index is 0. The van der Waals surface area contributed by atoms with Crippen LogP contribution in [-0.2, 0) is 32.7 Å². The van der Waals surface area contributed by atoms with E-state index in [0.717, 1.165) is 28.7 Å². The van der Waals surface area contributed by atoms with E-state index < -0.39 is 0 Å². The molecule has 0 spiro atoms.